The van der Waals surface area contributed by atoms with Crippen molar-refractivity contribution in [3.8, 4) is 11.4 Å². The molecule has 0 aliphatic carbocycles. The molecular weight excluding hydrogens is 307 g/mol. The molecule has 0 saturated carbocycles. The van der Waals surface area contributed by atoms with Crippen LogP contribution in [0.3, 0.4) is 0 Å². The Bertz CT molecular complexity index is 765. The number of hydrogen-bond acceptors (Lipinski definition) is 3. The normalized spacial score (nSPS) is 10.6. The third-order valence-corrected chi connectivity index (χ3v) is 3.92. The highest BCUT2D eigenvalue weighted by Crippen LogP contribution is 2.30. The first-order chi connectivity index (χ1) is 10.2. The van der Waals surface area contributed by atoms with Gasteiger partial charge in [0.25, 0.3) is 0 Å². The molecule has 3 rings (SSSR count). The van der Waals surface area contributed by atoms with Crippen LogP contribution in [0.4, 0.5) is 4.39 Å². The average Bonchev–Trinajstić information content (AvgIpc) is 2.50. The van der Waals surface area contributed by atoms with E-state index in [0.29, 0.717) is 20.9 Å². The van der Waals surface area contributed by atoms with Crippen molar-refractivity contribution in [2.24, 2.45) is 0 Å². The van der Waals surface area contributed by atoms with Gasteiger partial charge in [-0.05, 0) is 12.1 Å². The number of benzene rings is 2. The maximum atomic E-state index is 13.7. The topological polar surface area (TPSA) is 25.8 Å². The van der Waals surface area contributed by atoms with E-state index in [4.69, 9.17) is 11.6 Å². The Morgan fingerprint density at radius 2 is 1.62 bits per heavy atom. The molecule has 0 spiro atoms. The van der Waals surface area contributed by atoms with Crippen molar-refractivity contribution in [3.05, 3.63) is 71.6 Å². The quantitative estimate of drug-likeness (QED) is 0.630. The lowest BCUT2D eigenvalue weighted by atomic mass is 10.2. The molecule has 0 N–H and O–H groups in total. The maximum Gasteiger partial charge on any atom is 0.162 e. The highest BCUT2D eigenvalue weighted by Gasteiger charge is 2.09. The summed E-state index contributed by atoms with van der Waals surface area (Å²) in [4.78, 5) is 9.16. The molecule has 0 bridgehead atoms. The molecule has 21 heavy (non-hydrogen) atoms. The Labute approximate surface area is 131 Å². The summed E-state index contributed by atoms with van der Waals surface area (Å²) in [5.74, 6) is 0.250. The van der Waals surface area contributed by atoms with Crippen molar-refractivity contribution in [1.29, 1.82) is 0 Å². The molecule has 104 valence electrons. The zero-order chi connectivity index (χ0) is 14.7. The summed E-state index contributed by atoms with van der Waals surface area (Å²) in [6.07, 6.45) is 0. The molecule has 2 nitrogen and oxygen atoms in total. The molecule has 0 aliphatic rings. The van der Waals surface area contributed by atoms with Crippen molar-refractivity contribution in [2.75, 3.05) is 0 Å². The Hall–Kier alpha value is -1.91. The van der Waals surface area contributed by atoms with Gasteiger partial charge in [-0.3, -0.25) is 0 Å². The van der Waals surface area contributed by atoms with Crippen LogP contribution >= 0.6 is 23.4 Å². The van der Waals surface area contributed by atoms with Crippen molar-refractivity contribution in [1.82, 2.24) is 9.97 Å². The van der Waals surface area contributed by atoms with Crippen LogP contribution in [0, 0.1) is 5.82 Å². The average molecular weight is 317 g/mol. The first-order valence-electron chi connectivity index (χ1n) is 6.25. The van der Waals surface area contributed by atoms with E-state index in [2.05, 4.69) is 9.97 Å². The molecule has 3 aromatic rings. The summed E-state index contributed by atoms with van der Waals surface area (Å²) in [5.41, 5.74) is 0.871. The van der Waals surface area contributed by atoms with Crippen molar-refractivity contribution >= 4 is 23.4 Å². The molecular formula is C16H10ClFN2S. The van der Waals surface area contributed by atoms with Crippen LogP contribution in [-0.2, 0) is 0 Å². The smallest absolute Gasteiger partial charge is 0.162 e. The van der Waals surface area contributed by atoms with Crippen LogP contribution in [0.15, 0.2) is 70.6 Å². The predicted octanol–water partition coefficient (Wildman–Crippen LogP) is 5.09. The summed E-state index contributed by atoms with van der Waals surface area (Å²) in [6, 6.07) is 17.7. The van der Waals surface area contributed by atoms with Crippen LogP contribution in [0.2, 0.25) is 5.15 Å². The zero-order valence-electron chi connectivity index (χ0n) is 10.8. The molecule has 2 aromatic carbocycles. The van der Waals surface area contributed by atoms with Crippen LogP contribution in [0.1, 0.15) is 0 Å². The lowest BCUT2D eigenvalue weighted by Gasteiger charge is -2.06. The molecule has 0 atom stereocenters. The molecule has 0 radical (unpaired) electrons. The Kier molecular flexibility index (Phi) is 4.18. The van der Waals surface area contributed by atoms with E-state index in [-0.39, 0.29) is 5.82 Å². The number of nitrogens with zero attached hydrogens (tertiary/aromatic N) is 2. The first kappa shape index (κ1) is 14.0. The summed E-state index contributed by atoms with van der Waals surface area (Å²) >= 11 is 7.27. The lowest BCUT2D eigenvalue weighted by Crippen LogP contribution is -1.92. The van der Waals surface area contributed by atoms with Crippen molar-refractivity contribution in [3.63, 3.8) is 0 Å². The van der Waals surface area contributed by atoms with Gasteiger partial charge in [-0.25, -0.2) is 14.4 Å². The summed E-state index contributed by atoms with van der Waals surface area (Å²) in [6.45, 7) is 0. The minimum atomic E-state index is -0.279. The summed E-state index contributed by atoms with van der Waals surface area (Å²) < 4.78 is 13.7. The maximum absolute atomic E-state index is 13.7. The van der Waals surface area contributed by atoms with Gasteiger partial charge in [0.1, 0.15) is 16.0 Å². The van der Waals surface area contributed by atoms with Crippen molar-refractivity contribution < 1.29 is 4.39 Å². The SMILES string of the molecule is Fc1ccccc1Sc1cc(Cl)nc(-c2ccccc2)n1. The van der Waals surface area contributed by atoms with Gasteiger partial charge in [0.15, 0.2) is 5.82 Å². The molecule has 0 aliphatic heterocycles. The second-order valence-electron chi connectivity index (χ2n) is 4.25. The number of halogens is 2. The van der Waals surface area contributed by atoms with Gasteiger partial charge in [0, 0.05) is 16.5 Å². The van der Waals surface area contributed by atoms with Gasteiger partial charge in [0.2, 0.25) is 0 Å². The lowest BCUT2D eigenvalue weighted by molar-refractivity contribution is 0.602. The van der Waals surface area contributed by atoms with E-state index in [9.17, 15) is 4.39 Å². The summed E-state index contributed by atoms with van der Waals surface area (Å²) in [7, 11) is 0. The van der Waals surface area contributed by atoms with Gasteiger partial charge >= 0.3 is 0 Å². The Morgan fingerprint density at radius 1 is 0.905 bits per heavy atom. The predicted molar refractivity (Wildman–Crippen MR) is 83.0 cm³/mol. The molecule has 1 heterocycles. The second-order valence-corrected chi connectivity index (χ2v) is 5.70. The second kappa shape index (κ2) is 6.24. The van der Waals surface area contributed by atoms with Gasteiger partial charge < -0.3 is 0 Å². The van der Waals surface area contributed by atoms with Gasteiger partial charge in [0.05, 0.1) is 0 Å². The highest BCUT2D eigenvalue weighted by atomic mass is 35.5. The van der Waals surface area contributed by atoms with Crippen LogP contribution in [0.5, 0.6) is 0 Å². The van der Waals surface area contributed by atoms with Crippen LogP contribution in [0.25, 0.3) is 11.4 Å². The fraction of sp³-hybridized carbons (Fsp3) is 0. The standard InChI is InChI=1S/C16H10ClFN2S/c17-14-10-15(21-13-9-5-4-8-12(13)18)20-16(19-14)11-6-2-1-3-7-11/h1-10H. The molecule has 0 fully saturated rings. The Morgan fingerprint density at radius 3 is 2.38 bits per heavy atom. The van der Waals surface area contributed by atoms with E-state index in [0.717, 1.165) is 5.56 Å². The molecule has 0 amide bonds. The van der Waals surface area contributed by atoms with Crippen molar-refractivity contribution in [2.45, 2.75) is 9.92 Å². The van der Waals surface area contributed by atoms with E-state index < -0.39 is 0 Å². The summed E-state index contributed by atoms with van der Waals surface area (Å²) in [5, 5.41) is 0.946. The molecule has 1 aromatic heterocycles. The van der Waals surface area contributed by atoms with Gasteiger partial charge in [-0.1, -0.05) is 65.8 Å². The number of rotatable bonds is 3. The Balaban J connectivity index is 1.97. The minimum absolute atomic E-state index is 0.279. The fourth-order valence-electron chi connectivity index (χ4n) is 1.81. The van der Waals surface area contributed by atoms with E-state index >= 15 is 0 Å². The molecule has 5 heteroatoms. The third kappa shape index (κ3) is 3.40. The number of aromatic nitrogens is 2. The fourth-order valence-corrected chi connectivity index (χ4v) is 2.89. The largest absolute Gasteiger partial charge is 0.221 e. The zero-order valence-corrected chi connectivity index (χ0v) is 12.4. The van der Waals surface area contributed by atoms with Gasteiger partial charge in [-0.15, -0.1) is 0 Å². The van der Waals surface area contributed by atoms with E-state index in [1.54, 1.807) is 24.3 Å². The van der Waals surface area contributed by atoms with E-state index in [1.807, 2.05) is 30.3 Å². The van der Waals surface area contributed by atoms with Crippen LogP contribution < -0.4 is 0 Å². The van der Waals surface area contributed by atoms with E-state index in [1.165, 1.54) is 17.8 Å². The molecule has 0 unspecified atom stereocenters. The monoisotopic (exact) mass is 316 g/mol. The first-order valence-corrected chi connectivity index (χ1v) is 7.44. The third-order valence-electron chi connectivity index (χ3n) is 2.75. The minimum Gasteiger partial charge on any atom is -0.221 e. The molecule has 0 saturated heterocycles. The number of hydrogen-bond donors (Lipinski definition) is 0. The highest BCUT2D eigenvalue weighted by molar-refractivity contribution is 7.99. The van der Waals surface area contributed by atoms with Crippen LogP contribution in [-0.4, -0.2) is 9.97 Å². The van der Waals surface area contributed by atoms with Gasteiger partial charge in [-0.2, -0.15) is 0 Å².